The first kappa shape index (κ1) is 28.6. The third kappa shape index (κ3) is 6.43. The molecule has 0 saturated heterocycles. The minimum Gasteiger partial charge on any atom is -0.496 e. The van der Waals surface area contributed by atoms with Gasteiger partial charge in [0.15, 0.2) is 11.6 Å². The van der Waals surface area contributed by atoms with Crippen molar-refractivity contribution in [2.24, 2.45) is 10.8 Å². The molecule has 4 rings (SSSR count). The SMILES string of the molecule is COc1cc(F)c(OC2CCC(C)(C=O)CC2)cc1C(=O)Nc1cc(C)c(C)cc1C(=O)NCC1(C)CCC1. The van der Waals surface area contributed by atoms with Gasteiger partial charge in [0.1, 0.15) is 12.0 Å². The lowest BCUT2D eigenvalue weighted by Crippen LogP contribution is -2.40. The Labute approximate surface area is 229 Å². The normalized spacial score (nSPS) is 21.8. The molecule has 2 aliphatic carbocycles. The van der Waals surface area contributed by atoms with E-state index in [-0.39, 0.29) is 39.9 Å². The van der Waals surface area contributed by atoms with E-state index in [4.69, 9.17) is 9.47 Å². The second-order valence-corrected chi connectivity index (χ2v) is 11.9. The molecule has 7 nitrogen and oxygen atoms in total. The molecule has 0 heterocycles. The molecule has 39 heavy (non-hydrogen) atoms. The van der Waals surface area contributed by atoms with Gasteiger partial charge in [0, 0.05) is 18.0 Å². The first-order valence-corrected chi connectivity index (χ1v) is 13.7. The van der Waals surface area contributed by atoms with Gasteiger partial charge in [0.25, 0.3) is 11.8 Å². The van der Waals surface area contributed by atoms with Gasteiger partial charge in [-0.2, -0.15) is 0 Å². The van der Waals surface area contributed by atoms with Crippen molar-refractivity contribution in [3.63, 3.8) is 0 Å². The fourth-order valence-electron chi connectivity index (χ4n) is 5.28. The van der Waals surface area contributed by atoms with Crippen molar-refractivity contribution in [3.05, 3.63) is 52.3 Å². The second kappa shape index (κ2) is 11.4. The molecule has 2 aromatic rings. The zero-order valence-corrected chi connectivity index (χ0v) is 23.5. The number of ether oxygens (including phenoxy) is 2. The van der Waals surface area contributed by atoms with Crippen LogP contribution >= 0.6 is 0 Å². The first-order valence-electron chi connectivity index (χ1n) is 13.7. The maximum Gasteiger partial charge on any atom is 0.259 e. The summed E-state index contributed by atoms with van der Waals surface area (Å²) in [5.74, 6) is -1.43. The molecule has 0 aliphatic heterocycles. The summed E-state index contributed by atoms with van der Waals surface area (Å²) in [6.07, 6.45) is 6.59. The van der Waals surface area contributed by atoms with Crippen LogP contribution in [-0.4, -0.2) is 37.9 Å². The lowest BCUT2D eigenvalue weighted by atomic mass is 9.70. The van der Waals surface area contributed by atoms with Crippen LogP contribution in [0.5, 0.6) is 11.5 Å². The summed E-state index contributed by atoms with van der Waals surface area (Å²) < 4.78 is 26.2. The van der Waals surface area contributed by atoms with Gasteiger partial charge in [0.2, 0.25) is 0 Å². The number of hydrogen-bond acceptors (Lipinski definition) is 5. The monoisotopic (exact) mass is 538 g/mol. The number of halogens is 1. The Morgan fingerprint density at radius 2 is 1.64 bits per heavy atom. The van der Waals surface area contributed by atoms with Crippen molar-refractivity contribution in [1.82, 2.24) is 5.32 Å². The van der Waals surface area contributed by atoms with Gasteiger partial charge in [-0.05, 0) is 87.1 Å². The predicted molar refractivity (Wildman–Crippen MR) is 148 cm³/mol. The molecule has 2 aromatic carbocycles. The van der Waals surface area contributed by atoms with Crippen LogP contribution in [0.3, 0.4) is 0 Å². The maximum atomic E-state index is 14.9. The molecule has 2 aliphatic rings. The first-order chi connectivity index (χ1) is 18.5. The maximum absolute atomic E-state index is 14.9. The minimum atomic E-state index is -0.636. The fourth-order valence-corrected chi connectivity index (χ4v) is 5.28. The number of rotatable bonds is 9. The van der Waals surface area contributed by atoms with Gasteiger partial charge >= 0.3 is 0 Å². The standard InChI is InChI=1S/C31H39FN2O5/c1-19-13-22(28(36)33-17-30(3)9-6-10-30)25(14-20(19)2)34-29(37)23-15-27(24(32)16-26(23)38-5)39-21-7-11-31(4,18-35)12-8-21/h13-16,18,21H,6-12,17H2,1-5H3,(H,33,36)(H,34,37). The summed E-state index contributed by atoms with van der Waals surface area (Å²) in [6.45, 7) is 8.48. The van der Waals surface area contributed by atoms with E-state index in [0.29, 0.717) is 43.5 Å². The van der Waals surface area contributed by atoms with Crippen molar-refractivity contribution >= 4 is 23.8 Å². The van der Waals surface area contributed by atoms with E-state index in [1.165, 1.54) is 19.6 Å². The van der Waals surface area contributed by atoms with E-state index in [2.05, 4.69) is 17.6 Å². The zero-order valence-electron chi connectivity index (χ0n) is 23.5. The molecular formula is C31H39FN2O5. The number of carbonyl (C=O) groups excluding carboxylic acids is 3. The highest BCUT2D eigenvalue weighted by atomic mass is 19.1. The molecule has 0 atom stereocenters. The summed E-state index contributed by atoms with van der Waals surface area (Å²) in [5.41, 5.74) is 2.41. The largest absolute Gasteiger partial charge is 0.496 e. The van der Waals surface area contributed by atoms with Crippen LogP contribution in [0, 0.1) is 30.5 Å². The van der Waals surface area contributed by atoms with Crippen LogP contribution < -0.4 is 20.1 Å². The molecule has 8 heteroatoms. The van der Waals surface area contributed by atoms with Crippen molar-refractivity contribution in [1.29, 1.82) is 0 Å². The summed E-state index contributed by atoms with van der Waals surface area (Å²) >= 11 is 0. The van der Waals surface area contributed by atoms with Crippen LogP contribution in [0.4, 0.5) is 10.1 Å². The van der Waals surface area contributed by atoms with E-state index in [9.17, 15) is 18.8 Å². The minimum absolute atomic E-state index is 0.0487. The highest BCUT2D eigenvalue weighted by Crippen LogP contribution is 2.40. The van der Waals surface area contributed by atoms with E-state index in [1.807, 2.05) is 20.8 Å². The van der Waals surface area contributed by atoms with Crippen LogP contribution in [-0.2, 0) is 4.79 Å². The average Bonchev–Trinajstić information content (AvgIpc) is 2.90. The van der Waals surface area contributed by atoms with Gasteiger partial charge in [-0.15, -0.1) is 0 Å². The van der Waals surface area contributed by atoms with E-state index >= 15 is 0 Å². The third-order valence-corrected chi connectivity index (χ3v) is 8.51. The summed E-state index contributed by atoms with van der Waals surface area (Å²) in [5, 5.41) is 5.88. The molecule has 2 saturated carbocycles. The van der Waals surface area contributed by atoms with Gasteiger partial charge in [-0.25, -0.2) is 4.39 Å². The van der Waals surface area contributed by atoms with Crippen LogP contribution in [0.25, 0.3) is 0 Å². The molecule has 2 N–H and O–H groups in total. The Kier molecular flexibility index (Phi) is 8.33. The van der Waals surface area contributed by atoms with Crippen LogP contribution in [0.2, 0.25) is 0 Å². The fraction of sp³-hybridized carbons (Fsp3) is 0.516. The molecule has 0 spiro atoms. The average molecular weight is 539 g/mol. The second-order valence-electron chi connectivity index (χ2n) is 11.9. The van der Waals surface area contributed by atoms with Crippen molar-refractivity contribution in [2.45, 2.75) is 78.7 Å². The number of methoxy groups -OCH3 is 1. The number of aldehydes is 1. The third-order valence-electron chi connectivity index (χ3n) is 8.51. The van der Waals surface area contributed by atoms with Gasteiger partial charge in [-0.3, -0.25) is 9.59 Å². The Morgan fingerprint density at radius 3 is 2.23 bits per heavy atom. The molecule has 0 aromatic heterocycles. The Bertz CT molecular complexity index is 1260. The Morgan fingerprint density at radius 1 is 0.974 bits per heavy atom. The zero-order chi connectivity index (χ0) is 28.4. The molecule has 2 fully saturated rings. The van der Waals surface area contributed by atoms with Gasteiger partial charge in [0.05, 0.1) is 30.0 Å². The van der Waals surface area contributed by atoms with Crippen molar-refractivity contribution < 1.29 is 28.2 Å². The number of carbonyl (C=O) groups is 3. The Hall–Kier alpha value is -3.42. The highest BCUT2D eigenvalue weighted by Gasteiger charge is 2.33. The van der Waals surface area contributed by atoms with E-state index < -0.39 is 11.7 Å². The molecule has 2 amide bonds. The summed E-state index contributed by atoms with van der Waals surface area (Å²) in [4.78, 5) is 38.0. The lowest BCUT2D eigenvalue weighted by Gasteiger charge is -2.38. The number of amides is 2. The van der Waals surface area contributed by atoms with Gasteiger partial charge < -0.3 is 24.9 Å². The lowest BCUT2D eigenvalue weighted by molar-refractivity contribution is -0.117. The number of hydrogen-bond donors (Lipinski definition) is 2. The van der Waals surface area contributed by atoms with Crippen LogP contribution in [0.15, 0.2) is 24.3 Å². The Balaban J connectivity index is 1.55. The number of benzene rings is 2. The van der Waals surface area contributed by atoms with E-state index in [1.54, 1.807) is 12.1 Å². The summed E-state index contributed by atoms with van der Waals surface area (Å²) in [6, 6.07) is 6.02. The number of aryl methyl sites for hydroxylation is 2. The molecule has 0 bridgehead atoms. The smallest absolute Gasteiger partial charge is 0.259 e. The van der Waals surface area contributed by atoms with E-state index in [0.717, 1.165) is 36.3 Å². The topological polar surface area (TPSA) is 93.7 Å². The number of nitrogens with one attached hydrogen (secondary N) is 2. The predicted octanol–water partition coefficient (Wildman–Crippen LogP) is 6.15. The highest BCUT2D eigenvalue weighted by molar-refractivity contribution is 6.10. The number of anilines is 1. The molecular weight excluding hydrogens is 499 g/mol. The molecule has 210 valence electrons. The molecule has 0 unspecified atom stereocenters. The van der Waals surface area contributed by atoms with Crippen molar-refractivity contribution in [2.75, 3.05) is 19.0 Å². The summed E-state index contributed by atoms with van der Waals surface area (Å²) in [7, 11) is 1.36. The van der Waals surface area contributed by atoms with Crippen LogP contribution in [0.1, 0.15) is 90.6 Å². The van der Waals surface area contributed by atoms with Gasteiger partial charge in [-0.1, -0.05) is 20.3 Å². The quantitative estimate of drug-likeness (QED) is 0.374. The van der Waals surface area contributed by atoms with Crippen molar-refractivity contribution in [3.8, 4) is 11.5 Å². The molecule has 0 radical (unpaired) electrons.